The van der Waals surface area contributed by atoms with Gasteiger partial charge in [-0.05, 0) is 43.2 Å². The standard InChI is InChI=1S/C18H19ClN4O2/c1-18(2,24)17-21-11-22-23(17)10-12-7-15(16(25-3)20-9-12)13-5-4-6-14(19)8-13/h4-9,11,24H,10H2,1-3H3. The van der Waals surface area contributed by atoms with E-state index in [2.05, 4.69) is 15.1 Å². The molecule has 0 bridgehead atoms. The van der Waals surface area contributed by atoms with E-state index in [4.69, 9.17) is 16.3 Å². The predicted octanol–water partition coefficient (Wildman–Crippen LogP) is 3.28. The van der Waals surface area contributed by atoms with Crippen molar-refractivity contribution in [3.8, 4) is 17.0 Å². The Bertz CT molecular complexity index is 887. The van der Waals surface area contributed by atoms with Gasteiger partial charge in [0.15, 0.2) is 5.82 Å². The number of nitrogens with zero attached hydrogens (tertiary/aromatic N) is 4. The Labute approximate surface area is 151 Å². The van der Waals surface area contributed by atoms with Gasteiger partial charge in [0.25, 0.3) is 0 Å². The van der Waals surface area contributed by atoms with Crippen LogP contribution in [-0.2, 0) is 12.1 Å². The lowest BCUT2D eigenvalue weighted by Gasteiger charge is -2.17. The van der Waals surface area contributed by atoms with Gasteiger partial charge in [-0.3, -0.25) is 0 Å². The van der Waals surface area contributed by atoms with E-state index >= 15 is 0 Å². The van der Waals surface area contributed by atoms with E-state index in [0.717, 1.165) is 16.7 Å². The molecule has 3 aromatic rings. The van der Waals surface area contributed by atoms with Gasteiger partial charge in [0.1, 0.15) is 11.9 Å². The average Bonchev–Trinajstić information content (AvgIpc) is 3.03. The van der Waals surface area contributed by atoms with Gasteiger partial charge in [-0.25, -0.2) is 14.6 Å². The molecule has 7 heteroatoms. The lowest BCUT2D eigenvalue weighted by Crippen LogP contribution is -2.23. The number of methoxy groups -OCH3 is 1. The third kappa shape index (κ3) is 3.81. The Morgan fingerprint density at radius 1 is 1.24 bits per heavy atom. The fourth-order valence-corrected chi connectivity index (χ4v) is 2.82. The topological polar surface area (TPSA) is 73.1 Å². The summed E-state index contributed by atoms with van der Waals surface area (Å²) in [6, 6.07) is 9.50. The van der Waals surface area contributed by atoms with Crippen molar-refractivity contribution in [1.82, 2.24) is 19.7 Å². The highest BCUT2D eigenvalue weighted by Crippen LogP contribution is 2.31. The normalized spacial score (nSPS) is 11.6. The summed E-state index contributed by atoms with van der Waals surface area (Å²) < 4.78 is 7.04. The Morgan fingerprint density at radius 3 is 2.72 bits per heavy atom. The minimum absolute atomic E-state index is 0.434. The molecule has 2 heterocycles. The van der Waals surface area contributed by atoms with Crippen molar-refractivity contribution in [3.63, 3.8) is 0 Å². The third-order valence-corrected chi connectivity index (χ3v) is 3.97. The quantitative estimate of drug-likeness (QED) is 0.757. The van der Waals surface area contributed by atoms with E-state index in [-0.39, 0.29) is 0 Å². The molecule has 0 saturated heterocycles. The number of ether oxygens (including phenoxy) is 1. The molecule has 0 aliphatic heterocycles. The molecule has 25 heavy (non-hydrogen) atoms. The maximum absolute atomic E-state index is 10.2. The summed E-state index contributed by atoms with van der Waals surface area (Å²) in [4.78, 5) is 8.54. The van der Waals surface area contributed by atoms with Crippen molar-refractivity contribution in [1.29, 1.82) is 0 Å². The number of halogens is 1. The van der Waals surface area contributed by atoms with E-state index in [0.29, 0.717) is 23.3 Å². The van der Waals surface area contributed by atoms with Crippen LogP contribution >= 0.6 is 11.6 Å². The van der Waals surface area contributed by atoms with E-state index < -0.39 is 5.60 Å². The first-order valence-corrected chi connectivity index (χ1v) is 8.16. The number of rotatable bonds is 5. The van der Waals surface area contributed by atoms with Gasteiger partial charge in [-0.1, -0.05) is 23.7 Å². The van der Waals surface area contributed by atoms with Crippen molar-refractivity contribution in [2.75, 3.05) is 7.11 Å². The van der Waals surface area contributed by atoms with Crippen LogP contribution in [0.5, 0.6) is 5.88 Å². The molecule has 1 aromatic carbocycles. The predicted molar refractivity (Wildman–Crippen MR) is 95.6 cm³/mol. The molecule has 2 aromatic heterocycles. The summed E-state index contributed by atoms with van der Waals surface area (Å²) in [5.74, 6) is 1.01. The molecular formula is C18H19ClN4O2. The monoisotopic (exact) mass is 358 g/mol. The van der Waals surface area contributed by atoms with Crippen molar-refractivity contribution in [2.24, 2.45) is 0 Å². The zero-order valence-corrected chi connectivity index (χ0v) is 15.0. The maximum Gasteiger partial charge on any atom is 0.221 e. The first-order chi connectivity index (χ1) is 11.9. The molecule has 6 nitrogen and oxygen atoms in total. The summed E-state index contributed by atoms with van der Waals surface area (Å²) in [6.07, 6.45) is 3.16. The lowest BCUT2D eigenvalue weighted by atomic mass is 10.0. The number of aromatic nitrogens is 4. The van der Waals surface area contributed by atoms with E-state index in [1.165, 1.54) is 6.33 Å². The molecule has 0 amide bonds. The van der Waals surface area contributed by atoms with Crippen LogP contribution in [0, 0.1) is 0 Å². The zero-order chi connectivity index (χ0) is 18.0. The van der Waals surface area contributed by atoms with Crippen molar-refractivity contribution < 1.29 is 9.84 Å². The van der Waals surface area contributed by atoms with Crippen LogP contribution in [0.1, 0.15) is 25.2 Å². The fraction of sp³-hybridized carbons (Fsp3) is 0.278. The smallest absolute Gasteiger partial charge is 0.221 e. The van der Waals surface area contributed by atoms with Crippen molar-refractivity contribution in [2.45, 2.75) is 26.0 Å². The highest BCUT2D eigenvalue weighted by Gasteiger charge is 2.23. The number of pyridine rings is 1. The van der Waals surface area contributed by atoms with Crippen LogP contribution in [-0.4, -0.2) is 32.0 Å². The second kappa shape index (κ2) is 6.82. The molecule has 0 atom stereocenters. The summed E-state index contributed by atoms with van der Waals surface area (Å²) in [7, 11) is 1.58. The van der Waals surface area contributed by atoms with E-state index in [9.17, 15) is 5.11 Å². The lowest BCUT2D eigenvalue weighted by molar-refractivity contribution is 0.0640. The highest BCUT2D eigenvalue weighted by atomic mass is 35.5. The fourth-order valence-electron chi connectivity index (χ4n) is 2.63. The van der Waals surface area contributed by atoms with Gasteiger partial charge in [0.05, 0.1) is 13.7 Å². The Morgan fingerprint density at radius 2 is 2.04 bits per heavy atom. The Hall–Kier alpha value is -2.44. The molecule has 1 N–H and O–H groups in total. The molecule has 0 aliphatic rings. The van der Waals surface area contributed by atoms with Crippen LogP contribution < -0.4 is 4.74 Å². The summed E-state index contributed by atoms with van der Waals surface area (Å²) in [6.45, 7) is 3.79. The molecule has 0 unspecified atom stereocenters. The summed E-state index contributed by atoms with van der Waals surface area (Å²) in [5, 5.41) is 15.1. The van der Waals surface area contributed by atoms with Gasteiger partial charge in [0.2, 0.25) is 5.88 Å². The van der Waals surface area contributed by atoms with Crippen LogP contribution in [0.25, 0.3) is 11.1 Å². The highest BCUT2D eigenvalue weighted by molar-refractivity contribution is 6.30. The van der Waals surface area contributed by atoms with Gasteiger partial charge in [-0.2, -0.15) is 5.10 Å². The van der Waals surface area contributed by atoms with Gasteiger partial charge < -0.3 is 9.84 Å². The number of hydrogen-bond acceptors (Lipinski definition) is 5. The first kappa shape index (κ1) is 17.4. The molecular weight excluding hydrogens is 340 g/mol. The average molecular weight is 359 g/mol. The molecule has 3 rings (SSSR count). The Kier molecular flexibility index (Phi) is 4.74. The summed E-state index contributed by atoms with van der Waals surface area (Å²) in [5.41, 5.74) is 1.59. The largest absolute Gasteiger partial charge is 0.481 e. The molecule has 0 aliphatic carbocycles. The SMILES string of the molecule is COc1ncc(Cn2ncnc2C(C)(C)O)cc1-c1cccc(Cl)c1. The van der Waals surface area contributed by atoms with E-state index in [1.54, 1.807) is 31.8 Å². The van der Waals surface area contributed by atoms with Crippen LogP contribution in [0.15, 0.2) is 42.9 Å². The second-order valence-corrected chi connectivity index (χ2v) is 6.65. The molecule has 0 radical (unpaired) electrons. The van der Waals surface area contributed by atoms with Gasteiger partial charge in [0, 0.05) is 16.8 Å². The molecule has 130 valence electrons. The van der Waals surface area contributed by atoms with Crippen molar-refractivity contribution >= 4 is 11.6 Å². The number of benzene rings is 1. The minimum atomic E-state index is -1.08. The molecule has 0 fully saturated rings. The maximum atomic E-state index is 10.2. The van der Waals surface area contributed by atoms with Crippen LogP contribution in [0.4, 0.5) is 0 Å². The minimum Gasteiger partial charge on any atom is -0.481 e. The summed E-state index contributed by atoms with van der Waals surface area (Å²) >= 11 is 6.10. The Balaban J connectivity index is 2.00. The molecule has 0 spiro atoms. The van der Waals surface area contributed by atoms with Gasteiger partial charge in [-0.15, -0.1) is 0 Å². The zero-order valence-electron chi connectivity index (χ0n) is 14.3. The van der Waals surface area contributed by atoms with Crippen LogP contribution in [0.3, 0.4) is 0 Å². The number of hydrogen-bond donors (Lipinski definition) is 1. The van der Waals surface area contributed by atoms with Crippen molar-refractivity contribution in [3.05, 3.63) is 59.3 Å². The number of aliphatic hydroxyl groups is 1. The molecule has 0 saturated carbocycles. The third-order valence-electron chi connectivity index (χ3n) is 3.73. The van der Waals surface area contributed by atoms with Gasteiger partial charge >= 0.3 is 0 Å². The van der Waals surface area contributed by atoms with E-state index in [1.807, 2.05) is 30.3 Å². The second-order valence-electron chi connectivity index (χ2n) is 6.21. The first-order valence-electron chi connectivity index (χ1n) is 7.78. The van der Waals surface area contributed by atoms with Crippen LogP contribution in [0.2, 0.25) is 5.02 Å².